The molecule has 2 amide bonds. The van der Waals surface area contributed by atoms with Gasteiger partial charge in [-0.05, 0) is 24.3 Å². The lowest BCUT2D eigenvalue weighted by Gasteiger charge is -2.16. The fourth-order valence-electron chi connectivity index (χ4n) is 2.58. The smallest absolute Gasteiger partial charge is 0.243 e. The molecule has 0 aliphatic heterocycles. The normalized spacial score (nSPS) is 10.5. The lowest BCUT2D eigenvalue weighted by atomic mass is 10.2. The summed E-state index contributed by atoms with van der Waals surface area (Å²) in [6.07, 6.45) is 0. The SMILES string of the molecule is COc1cccc(NC(=O)CN(C)C(=O)CSc2ccc3ccccc3n2)c1. The Hall–Kier alpha value is -3.06. The number of fused-ring (bicyclic) bond motifs is 1. The Kier molecular flexibility index (Phi) is 6.49. The van der Waals surface area contributed by atoms with E-state index >= 15 is 0 Å². The highest BCUT2D eigenvalue weighted by atomic mass is 32.2. The number of amides is 2. The van der Waals surface area contributed by atoms with Crippen molar-refractivity contribution in [1.82, 2.24) is 9.88 Å². The van der Waals surface area contributed by atoms with Crippen molar-refractivity contribution in [1.29, 1.82) is 0 Å². The van der Waals surface area contributed by atoms with Crippen LogP contribution in [0.15, 0.2) is 65.7 Å². The zero-order chi connectivity index (χ0) is 19.9. The van der Waals surface area contributed by atoms with E-state index in [1.165, 1.54) is 16.7 Å². The topological polar surface area (TPSA) is 71.5 Å². The second-order valence-corrected chi connectivity index (χ2v) is 7.16. The lowest BCUT2D eigenvalue weighted by molar-refractivity contribution is -0.131. The molecule has 28 heavy (non-hydrogen) atoms. The molecule has 6 nitrogen and oxygen atoms in total. The van der Waals surface area contributed by atoms with Crippen molar-refractivity contribution >= 4 is 40.2 Å². The van der Waals surface area contributed by atoms with Gasteiger partial charge in [0.2, 0.25) is 11.8 Å². The summed E-state index contributed by atoms with van der Waals surface area (Å²) in [5.41, 5.74) is 1.52. The van der Waals surface area contributed by atoms with Gasteiger partial charge in [-0.3, -0.25) is 9.59 Å². The molecule has 0 radical (unpaired) electrons. The molecule has 0 bridgehead atoms. The van der Waals surface area contributed by atoms with Crippen molar-refractivity contribution in [2.24, 2.45) is 0 Å². The number of nitrogens with zero attached hydrogens (tertiary/aromatic N) is 2. The number of hydrogen-bond donors (Lipinski definition) is 1. The van der Waals surface area contributed by atoms with Crippen LogP contribution >= 0.6 is 11.8 Å². The third-order valence-electron chi connectivity index (χ3n) is 4.08. The van der Waals surface area contributed by atoms with E-state index in [1.54, 1.807) is 38.4 Å². The Morgan fingerprint density at radius 3 is 2.75 bits per heavy atom. The monoisotopic (exact) mass is 395 g/mol. The summed E-state index contributed by atoms with van der Waals surface area (Å²) < 4.78 is 5.13. The molecule has 7 heteroatoms. The van der Waals surface area contributed by atoms with Crippen LogP contribution in [-0.4, -0.2) is 48.2 Å². The molecule has 3 aromatic rings. The average molecular weight is 395 g/mol. The number of carbonyl (C=O) groups is 2. The zero-order valence-electron chi connectivity index (χ0n) is 15.7. The largest absolute Gasteiger partial charge is 0.497 e. The predicted molar refractivity (Wildman–Crippen MR) is 112 cm³/mol. The Balaban J connectivity index is 1.51. The third-order valence-corrected chi connectivity index (χ3v) is 4.99. The number of carbonyl (C=O) groups excluding carboxylic acids is 2. The van der Waals surface area contributed by atoms with Crippen LogP contribution in [0, 0.1) is 0 Å². The number of rotatable bonds is 7. The van der Waals surface area contributed by atoms with E-state index in [1.807, 2.05) is 36.4 Å². The molecule has 144 valence electrons. The van der Waals surface area contributed by atoms with E-state index in [-0.39, 0.29) is 24.1 Å². The van der Waals surface area contributed by atoms with Gasteiger partial charge in [-0.15, -0.1) is 0 Å². The van der Waals surface area contributed by atoms with Crippen LogP contribution < -0.4 is 10.1 Å². The molecule has 3 rings (SSSR count). The van der Waals surface area contributed by atoms with Crippen LogP contribution in [-0.2, 0) is 9.59 Å². The van der Waals surface area contributed by atoms with E-state index in [4.69, 9.17) is 4.74 Å². The molecule has 0 fully saturated rings. The van der Waals surface area contributed by atoms with Crippen molar-refractivity contribution in [2.75, 3.05) is 31.8 Å². The minimum atomic E-state index is -0.266. The molecular weight excluding hydrogens is 374 g/mol. The number of aromatic nitrogens is 1. The van der Waals surface area contributed by atoms with Crippen LogP contribution in [0.2, 0.25) is 0 Å². The van der Waals surface area contributed by atoms with Gasteiger partial charge in [-0.1, -0.05) is 42.1 Å². The second-order valence-electron chi connectivity index (χ2n) is 6.16. The highest BCUT2D eigenvalue weighted by Crippen LogP contribution is 2.20. The van der Waals surface area contributed by atoms with Crippen LogP contribution in [0.25, 0.3) is 10.9 Å². The third kappa shape index (κ3) is 5.23. The molecule has 0 atom stereocenters. The van der Waals surface area contributed by atoms with Crippen LogP contribution in [0.5, 0.6) is 5.75 Å². The van der Waals surface area contributed by atoms with Gasteiger partial charge in [-0.2, -0.15) is 0 Å². The summed E-state index contributed by atoms with van der Waals surface area (Å²) in [5, 5.41) is 4.60. The lowest BCUT2D eigenvalue weighted by Crippen LogP contribution is -2.35. The summed E-state index contributed by atoms with van der Waals surface area (Å²) in [5.74, 6) is 0.467. The molecular formula is C21H21N3O3S. The number of ether oxygens (including phenoxy) is 1. The van der Waals surface area contributed by atoms with Gasteiger partial charge >= 0.3 is 0 Å². The van der Waals surface area contributed by atoms with Gasteiger partial charge < -0.3 is 15.0 Å². The summed E-state index contributed by atoms with van der Waals surface area (Å²) in [7, 11) is 3.18. The first kappa shape index (κ1) is 19.7. The molecule has 0 aliphatic carbocycles. The van der Waals surface area contributed by atoms with Crippen molar-refractivity contribution in [3.05, 3.63) is 60.7 Å². The number of methoxy groups -OCH3 is 1. The Morgan fingerprint density at radius 2 is 1.93 bits per heavy atom. The molecule has 1 N–H and O–H groups in total. The first-order valence-corrected chi connectivity index (χ1v) is 9.70. The molecule has 1 aromatic heterocycles. The molecule has 0 aliphatic rings. The first-order chi connectivity index (χ1) is 13.5. The molecule has 0 saturated carbocycles. The van der Waals surface area contributed by atoms with Gasteiger partial charge in [-0.25, -0.2) is 4.98 Å². The van der Waals surface area contributed by atoms with E-state index < -0.39 is 0 Å². The number of para-hydroxylation sites is 1. The number of nitrogens with one attached hydrogen (secondary N) is 1. The number of thioether (sulfide) groups is 1. The van der Waals surface area contributed by atoms with Crippen molar-refractivity contribution < 1.29 is 14.3 Å². The molecule has 0 spiro atoms. The molecule has 0 saturated heterocycles. The molecule has 2 aromatic carbocycles. The van der Waals surface area contributed by atoms with Crippen molar-refractivity contribution in [3.8, 4) is 5.75 Å². The standard InChI is InChI=1S/C21H21N3O3S/c1-24(13-19(25)22-16-7-5-8-17(12-16)27-2)21(26)14-28-20-11-10-15-6-3-4-9-18(15)23-20/h3-12H,13-14H2,1-2H3,(H,22,25). The number of benzene rings is 2. The fraction of sp³-hybridized carbons (Fsp3) is 0.190. The number of anilines is 1. The summed E-state index contributed by atoms with van der Waals surface area (Å²) in [4.78, 5) is 30.5. The van der Waals surface area contributed by atoms with E-state index in [9.17, 15) is 9.59 Å². The minimum Gasteiger partial charge on any atom is -0.497 e. The number of hydrogen-bond acceptors (Lipinski definition) is 5. The summed E-state index contributed by atoms with van der Waals surface area (Å²) in [6.45, 7) is -0.0260. The fourth-order valence-corrected chi connectivity index (χ4v) is 3.40. The maximum atomic E-state index is 12.3. The zero-order valence-corrected chi connectivity index (χ0v) is 16.5. The average Bonchev–Trinajstić information content (AvgIpc) is 2.71. The van der Waals surface area contributed by atoms with Crippen LogP contribution in [0.4, 0.5) is 5.69 Å². The predicted octanol–water partition coefficient (Wildman–Crippen LogP) is 3.43. The van der Waals surface area contributed by atoms with E-state index in [2.05, 4.69) is 10.3 Å². The second kappa shape index (κ2) is 9.23. The quantitative estimate of drug-likeness (QED) is 0.621. The van der Waals surface area contributed by atoms with E-state index in [0.29, 0.717) is 11.4 Å². The minimum absolute atomic E-state index is 0.0260. The maximum Gasteiger partial charge on any atom is 0.243 e. The van der Waals surface area contributed by atoms with Crippen LogP contribution in [0.1, 0.15) is 0 Å². The highest BCUT2D eigenvalue weighted by molar-refractivity contribution is 7.99. The Labute approximate surface area is 167 Å². The van der Waals surface area contributed by atoms with Gasteiger partial charge in [0.15, 0.2) is 0 Å². The van der Waals surface area contributed by atoms with Gasteiger partial charge in [0, 0.05) is 24.2 Å². The van der Waals surface area contributed by atoms with E-state index in [0.717, 1.165) is 15.9 Å². The van der Waals surface area contributed by atoms with Crippen molar-refractivity contribution in [3.63, 3.8) is 0 Å². The Bertz CT molecular complexity index is 993. The maximum absolute atomic E-state index is 12.3. The molecule has 1 heterocycles. The number of likely N-dealkylation sites (N-methyl/N-ethyl adjacent to an activating group) is 1. The first-order valence-electron chi connectivity index (χ1n) is 8.71. The Morgan fingerprint density at radius 1 is 1.11 bits per heavy atom. The van der Waals surface area contributed by atoms with Gasteiger partial charge in [0.05, 0.1) is 30.0 Å². The molecule has 0 unspecified atom stereocenters. The van der Waals surface area contributed by atoms with Gasteiger partial charge in [0.25, 0.3) is 0 Å². The van der Waals surface area contributed by atoms with Crippen molar-refractivity contribution in [2.45, 2.75) is 5.03 Å². The number of pyridine rings is 1. The highest BCUT2D eigenvalue weighted by Gasteiger charge is 2.14. The van der Waals surface area contributed by atoms with Crippen LogP contribution in [0.3, 0.4) is 0 Å². The summed E-state index contributed by atoms with van der Waals surface area (Å²) >= 11 is 1.36. The van der Waals surface area contributed by atoms with Gasteiger partial charge in [0.1, 0.15) is 5.75 Å². The summed E-state index contributed by atoms with van der Waals surface area (Å²) in [6, 6.07) is 18.8.